The van der Waals surface area contributed by atoms with E-state index in [1.54, 1.807) is 12.1 Å². The molecule has 23 heavy (non-hydrogen) atoms. The minimum Gasteiger partial charge on any atom is -0.619 e. The first-order chi connectivity index (χ1) is 11.2. The largest absolute Gasteiger partial charge is 0.619 e. The van der Waals surface area contributed by atoms with Crippen LogP contribution < -0.4 is 9.47 Å². The lowest BCUT2D eigenvalue weighted by atomic mass is 10.2. The fourth-order valence-electron chi connectivity index (χ4n) is 2.48. The highest BCUT2D eigenvalue weighted by molar-refractivity contribution is 9.10. The molecule has 0 spiro atoms. The Balaban J connectivity index is 1.55. The maximum absolute atomic E-state index is 11.0. The summed E-state index contributed by atoms with van der Waals surface area (Å²) in [5, 5.41) is 19.5. The highest BCUT2D eigenvalue weighted by Gasteiger charge is 2.23. The van der Waals surface area contributed by atoms with Gasteiger partial charge in [0.05, 0.1) is 9.99 Å². The number of halogens is 1. The Morgan fingerprint density at radius 3 is 2.78 bits per heavy atom. The van der Waals surface area contributed by atoms with Gasteiger partial charge in [-0.05, 0) is 46.8 Å². The topological polar surface area (TPSA) is 66.9 Å². The standard InChI is InChI=1S/C16H15BrN4O2/c17-15-14(23-10-12-5-7-20(22)8-6-12)4-3-13-16(15)18-19-21(13)9-11-1-2-11/h3-8,11H,1-2,9-10H2. The molecule has 2 heterocycles. The maximum Gasteiger partial charge on any atom is 0.180 e. The molecular weight excluding hydrogens is 360 g/mol. The molecule has 0 amide bonds. The number of ether oxygens (including phenoxy) is 1. The van der Waals surface area contributed by atoms with Gasteiger partial charge < -0.3 is 9.94 Å². The maximum atomic E-state index is 11.0. The Hall–Kier alpha value is -2.15. The first-order valence-electron chi connectivity index (χ1n) is 7.53. The zero-order valence-corrected chi connectivity index (χ0v) is 13.9. The van der Waals surface area contributed by atoms with Crippen molar-refractivity contribution in [2.24, 2.45) is 5.92 Å². The van der Waals surface area contributed by atoms with Gasteiger partial charge in [0.2, 0.25) is 0 Å². The Kier molecular flexibility index (Phi) is 3.65. The highest BCUT2D eigenvalue weighted by Crippen LogP contribution is 2.35. The molecule has 1 aliphatic carbocycles. The van der Waals surface area contributed by atoms with Crippen molar-refractivity contribution in [1.29, 1.82) is 0 Å². The molecule has 118 valence electrons. The minimum absolute atomic E-state index is 0.390. The predicted octanol–water partition coefficient (Wildman–Crippen LogP) is 2.82. The van der Waals surface area contributed by atoms with E-state index in [-0.39, 0.29) is 0 Å². The second kappa shape index (κ2) is 5.81. The summed E-state index contributed by atoms with van der Waals surface area (Å²) in [4.78, 5) is 0. The zero-order valence-electron chi connectivity index (χ0n) is 12.4. The smallest absolute Gasteiger partial charge is 0.180 e. The van der Waals surface area contributed by atoms with Crippen LogP contribution in [0.5, 0.6) is 5.75 Å². The van der Waals surface area contributed by atoms with Crippen LogP contribution in [0.3, 0.4) is 0 Å². The van der Waals surface area contributed by atoms with Crippen molar-refractivity contribution >= 4 is 27.0 Å². The van der Waals surface area contributed by atoms with Crippen molar-refractivity contribution in [3.63, 3.8) is 0 Å². The number of rotatable bonds is 5. The van der Waals surface area contributed by atoms with Gasteiger partial charge in [-0.1, -0.05) is 5.21 Å². The van der Waals surface area contributed by atoms with Crippen molar-refractivity contribution in [1.82, 2.24) is 15.0 Å². The molecule has 3 aromatic rings. The first-order valence-corrected chi connectivity index (χ1v) is 8.32. The van der Waals surface area contributed by atoms with Crippen LogP contribution in [0.1, 0.15) is 18.4 Å². The van der Waals surface area contributed by atoms with E-state index in [1.165, 1.54) is 25.2 Å². The third-order valence-corrected chi connectivity index (χ3v) is 4.75. The summed E-state index contributed by atoms with van der Waals surface area (Å²) < 4.78 is 9.37. The van der Waals surface area contributed by atoms with Crippen LogP contribution in [0.25, 0.3) is 11.0 Å². The number of pyridine rings is 1. The number of hydrogen-bond donors (Lipinski definition) is 0. The normalized spacial score (nSPS) is 14.3. The third-order valence-electron chi connectivity index (χ3n) is 3.98. The molecule has 0 bridgehead atoms. The SMILES string of the molecule is [O-][n+]1ccc(COc2ccc3c(nnn3CC3CC3)c2Br)cc1. The molecular formula is C16H15BrN4O2. The number of nitrogens with zero attached hydrogens (tertiary/aromatic N) is 4. The van der Waals surface area contributed by atoms with Crippen LogP contribution in [0.15, 0.2) is 41.1 Å². The van der Waals surface area contributed by atoms with Gasteiger partial charge in [-0.2, -0.15) is 4.73 Å². The predicted molar refractivity (Wildman–Crippen MR) is 87.7 cm³/mol. The number of aromatic nitrogens is 4. The summed E-state index contributed by atoms with van der Waals surface area (Å²) in [5.74, 6) is 1.46. The average molecular weight is 375 g/mol. The van der Waals surface area contributed by atoms with E-state index < -0.39 is 0 Å². The molecule has 1 fully saturated rings. The molecule has 0 aliphatic heterocycles. The van der Waals surface area contributed by atoms with E-state index in [0.29, 0.717) is 6.61 Å². The van der Waals surface area contributed by atoms with Crippen LogP contribution in [-0.2, 0) is 13.2 Å². The summed E-state index contributed by atoms with van der Waals surface area (Å²) in [6, 6.07) is 7.40. The van der Waals surface area contributed by atoms with Gasteiger partial charge in [-0.3, -0.25) is 0 Å². The molecule has 1 aliphatic rings. The van der Waals surface area contributed by atoms with Gasteiger partial charge in [0.1, 0.15) is 17.9 Å². The summed E-state index contributed by atoms with van der Waals surface area (Å²) in [6.07, 6.45) is 5.48. The lowest BCUT2D eigenvalue weighted by Crippen LogP contribution is -2.23. The second-order valence-corrected chi connectivity index (χ2v) is 6.61. The van der Waals surface area contributed by atoms with Crippen LogP contribution >= 0.6 is 15.9 Å². The Morgan fingerprint density at radius 1 is 1.26 bits per heavy atom. The van der Waals surface area contributed by atoms with E-state index in [2.05, 4.69) is 26.2 Å². The number of benzene rings is 1. The molecule has 1 aromatic carbocycles. The average Bonchev–Trinajstić information content (AvgIpc) is 3.28. The molecule has 0 atom stereocenters. The highest BCUT2D eigenvalue weighted by atomic mass is 79.9. The summed E-state index contributed by atoms with van der Waals surface area (Å²) in [6.45, 7) is 1.32. The minimum atomic E-state index is 0.390. The van der Waals surface area contributed by atoms with Crippen molar-refractivity contribution in [3.05, 3.63) is 51.9 Å². The van der Waals surface area contributed by atoms with Gasteiger partial charge in [0.15, 0.2) is 12.4 Å². The van der Waals surface area contributed by atoms with Crippen molar-refractivity contribution in [2.45, 2.75) is 26.0 Å². The summed E-state index contributed by atoms with van der Waals surface area (Å²) in [5.41, 5.74) is 2.76. The lowest BCUT2D eigenvalue weighted by Gasteiger charge is -2.09. The van der Waals surface area contributed by atoms with E-state index in [1.807, 2.05) is 16.8 Å². The number of fused-ring (bicyclic) bond motifs is 1. The van der Waals surface area contributed by atoms with Crippen molar-refractivity contribution < 1.29 is 9.47 Å². The van der Waals surface area contributed by atoms with Gasteiger partial charge in [-0.25, -0.2) is 4.68 Å². The van der Waals surface area contributed by atoms with Crippen molar-refractivity contribution in [2.75, 3.05) is 0 Å². The van der Waals surface area contributed by atoms with E-state index in [4.69, 9.17) is 4.74 Å². The fraction of sp³-hybridized carbons (Fsp3) is 0.312. The molecule has 4 rings (SSSR count). The molecule has 6 nitrogen and oxygen atoms in total. The van der Waals surface area contributed by atoms with Crippen LogP contribution in [0, 0.1) is 11.1 Å². The van der Waals surface area contributed by atoms with E-state index in [0.717, 1.165) is 44.0 Å². The van der Waals surface area contributed by atoms with Gasteiger partial charge in [-0.15, -0.1) is 5.10 Å². The lowest BCUT2D eigenvalue weighted by molar-refractivity contribution is -0.605. The monoisotopic (exact) mass is 374 g/mol. The van der Waals surface area contributed by atoms with Crippen LogP contribution in [-0.4, -0.2) is 15.0 Å². The van der Waals surface area contributed by atoms with Gasteiger partial charge in [0.25, 0.3) is 0 Å². The first kappa shape index (κ1) is 14.4. The molecule has 2 aromatic heterocycles. The molecule has 1 saturated carbocycles. The molecule has 0 N–H and O–H groups in total. The summed E-state index contributed by atoms with van der Waals surface area (Å²) in [7, 11) is 0. The quantitative estimate of drug-likeness (QED) is 0.508. The van der Waals surface area contributed by atoms with E-state index >= 15 is 0 Å². The van der Waals surface area contributed by atoms with Gasteiger partial charge >= 0.3 is 0 Å². The summed E-state index contributed by atoms with van der Waals surface area (Å²) >= 11 is 3.57. The zero-order chi connectivity index (χ0) is 15.8. The third kappa shape index (κ3) is 3.01. The number of hydrogen-bond acceptors (Lipinski definition) is 4. The van der Waals surface area contributed by atoms with Crippen molar-refractivity contribution in [3.8, 4) is 5.75 Å². The Morgan fingerprint density at radius 2 is 2.04 bits per heavy atom. The molecule has 0 saturated heterocycles. The Labute approximate surface area is 141 Å². The fourth-order valence-corrected chi connectivity index (χ4v) is 3.01. The Bertz CT molecular complexity index is 843. The second-order valence-electron chi connectivity index (χ2n) is 5.82. The van der Waals surface area contributed by atoms with E-state index in [9.17, 15) is 5.21 Å². The molecule has 0 unspecified atom stereocenters. The molecule has 7 heteroatoms. The van der Waals surface area contributed by atoms with Gasteiger partial charge in [0, 0.05) is 24.2 Å². The van der Waals surface area contributed by atoms with Crippen LogP contribution in [0.2, 0.25) is 0 Å². The van der Waals surface area contributed by atoms with Crippen LogP contribution in [0.4, 0.5) is 0 Å². The molecule has 0 radical (unpaired) electrons.